The van der Waals surface area contributed by atoms with Gasteiger partial charge in [0.15, 0.2) is 5.65 Å². The number of fused-ring (bicyclic) bond motifs is 1. The summed E-state index contributed by atoms with van der Waals surface area (Å²) in [6, 6.07) is 6.41. The van der Waals surface area contributed by atoms with Crippen LogP contribution in [0.2, 0.25) is 0 Å². The molecular formula is C17H21N3O2S. The number of pyridine rings is 2. The maximum atomic E-state index is 11.6. The average molecular weight is 331 g/mol. The first-order valence-electron chi connectivity index (χ1n) is 8.22. The van der Waals surface area contributed by atoms with E-state index < -0.39 is 10.0 Å². The maximum Gasteiger partial charge on any atom is 0.211 e. The molecule has 0 unspecified atom stereocenters. The van der Waals surface area contributed by atoms with Gasteiger partial charge in [-0.2, -0.15) is 0 Å². The smallest absolute Gasteiger partial charge is 0.211 e. The highest BCUT2D eigenvalue weighted by Crippen LogP contribution is 2.40. The molecular weight excluding hydrogens is 310 g/mol. The van der Waals surface area contributed by atoms with Gasteiger partial charge in [0, 0.05) is 36.3 Å². The first kappa shape index (κ1) is 15.0. The summed E-state index contributed by atoms with van der Waals surface area (Å²) in [6.45, 7) is 1.16. The molecule has 122 valence electrons. The van der Waals surface area contributed by atoms with Crippen molar-refractivity contribution in [2.45, 2.75) is 37.5 Å². The van der Waals surface area contributed by atoms with Crippen LogP contribution in [0.25, 0.3) is 11.0 Å². The molecule has 0 radical (unpaired) electrons. The largest absolute Gasteiger partial charge is 0.236 e. The molecule has 5 nitrogen and oxygen atoms in total. The van der Waals surface area contributed by atoms with E-state index in [1.807, 2.05) is 6.20 Å². The van der Waals surface area contributed by atoms with Crippen molar-refractivity contribution < 1.29 is 8.42 Å². The van der Waals surface area contributed by atoms with Gasteiger partial charge in [-0.25, -0.2) is 22.7 Å². The highest BCUT2D eigenvalue weighted by molar-refractivity contribution is 7.88. The lowest BCUT2D eigenvalue weighted by Crippen LogP contribution is -2.37. The van der Waals surface area contributed by atoms with Gasteiger partial charge in [-0.1, -0.05) is 0 Å². The van der Waals surface area contributed by atoms with Gasteiger partial charge < -0.3 is 0 Å². The first-order chi connectivity index (χ1) is 11.0. The molecule has 6 heteroatoms. The van der Waals surface area contributed by atoms with Crippen LogP contribution in [0.5, 0.6) is 0 Å². The second-order valence-corrected chi connectivity index (χ2v) is 8.74. The second-order valence-electron chi connectivity index (χ2n) is 6.76. The first-order valence-corrected chi connectivity index (χ1v) is 10.1. The Balaban J connectivity index is 1.54. The summed E-state index contributed by atoms with van der Waals surface area (Å²) in [4.78, 5) is 9.26. The summed E-state index contributed by atoms with van der Waals surface area (Å²) in [5.41, 5.74) is 3.17. The Hall–Kier alpha value is -1.53. The standard InChI is InChI=1S/C17H21N3O2S/c1-23(21,22)20-8-6-13(7-9-20)16-5-4-14-10-15(12-2-3-12)11-18-17(14)19-16/h4-5,10-13H,2-3,6-9H2,1H3. The fourth-order valence-electron chi connectivity index (χ4n) is 3.39. The summed E-state index contributed by atoms with van der Waals surface area (Å²) in [5, 5.41) is 1.10. The quantitative estimate of drug-likeness (QED) is 0.867. The van der Waals surface area contributed by atoms with Gasteiger partial charge in [-0.15, -0.1) is 0 Å². The highest BCUT2D eigenvalue weighted by atomic mass is 32.2. The lowest BCUT2D eigenvalue weighted by atomic mass is 9.94. The van der Waals surface area contributed by atoms with Crippen LogP contribution in [-0.2, 0) is 10.0 Å². The van der Waals surface area contributed by atoms with E-state index in [9.17, 15) is 8.42 Å². The van der Waals surface area contributed by atoms with Crippen LogP contribution in [-0.4, -0.2) is 42.0 Å². The third-order valence-corrected chi connectivity index (χ3v) is 6.28. The SMILES string of the molecule is CS(=O)(=O)N1CCC(c2ccc3cc(C4CC4)cnc3n2)CC1. The Morgan fingerprint density at radius 1 is 1.09 bits per heavy atom. The zero-order valence-electron chi connectivity index (χ0n) is 13.3. The van der Waals surface area contributed by atoms with Gasteiger partial charge in [0.2, 0.25) is 10.0 Å². The van der Waals surface area contributed by atoms with Crippen LogP contribution in [0.1, 0.15) is 48.8 Å². The Bertz CT molecular complexity index is 838. The Morgan fingerprint density at radius 3 is 2.48 bits per heavy atom. The third kappa shape index (κ3) is 3.10. The molecule has 3 heterocycles. The summed E-state index contributed by atoms with van der Waals surface area (Å²) in [7, 11) is -3.07. The molecule has 0 bridgehead atoms. The third-order valence-electron chi connectivity index (χ3n) is 4.97. The van der Waals surface area contributed by atoms with Crippen molar-refractivity contribution in [3.8, 4) is 0 Å². The van der Waals surface area contributed by atoms with E-state index >= 15 is 0 Å². The van der Waals surface area contributed by atoms with Crippen LogP contribution in [0.3, 0.4) is 0 Å². The Morgan fingerprint density at radius 2 is 1.83 bits per heavy atom. The van der Waals surface area contributed by atoms with Crippen molar-refractivity contribution in [1.82, 2.24) is 14.3 Å². The Labute approximate surface area is 136 Å². The van der Waals surface area contributed by atoms with E-state index in [4.69, 9.17) is 4.98 Å². The minimum absolute atomic E-state index is 0.322. The zero-order chi connectivity index (χ0) is 16.0. The second kappa shape index (κ2) is 5.53. The lowest BCUT2D eigenvalue weighted by molar-refractivity contribution is 0.319. The molecule has 2 fully saturated rings. The molecule has 1 aliphatic heterocycles. The number of hydrogen-bond donors (Lipinski definition) is 0. The van der Waals surface area contributed by atoms with E-state index in [1.165, 1.54) is 24.7 Å². The molecule has 0 N–H and O–H groups in total. The lowest BCUT2D eigenvalue weighted by Gasteiger charge is -2.29. The molecule has 2 aromatic heterocycles. The molecule has 0 atom stereocenters. The van der Waals surface area contributed by atoms with Crippen LogP contribution >= 0.6 is 0 Å². The molecule has 2 aromatic rings. The van der Waals surface area contributed by atoms with E-state index in [1.54, 1.807) is 4.31 Å². The summed E-state index contributed by atoms with van der Waals surface area (Å²) >= 11 is 0. The van der Waals surface area contributed by atoms with Gasteiger partial charge in [-0.05, 0) is 55.4 Å². The molecule has 23 heavy (non-hydrogen) atoms. The van der Waals surface area contributed by atoms with Crippen LogP contribution in [0, 0.1) is 0 Å². The number of sulfonamides is 1. The van der Waals surface area contributed by atoms with Crippen molar-refractivity contribution >= 4 is 21.1 Å². The number of hydrogen-bond acceptors (Lipinski definition) is 4. The number of rotatable bonds is 3. The molecule has 1 aliphatic carbocycles. The van der Waals surface area contributed by atoms with Crippen molar-refractivity contribution in [2.24, 2.45) is 0 Å². The normalized spacial score (nSPS) is 20.9. The molecule has 1 saturated carbocycles. The zero-order valence-corrected chi connectivity index (χ0v) is 14.1. The number of nitrogens with zero attached hydrogens (tertiary/aromatic N) is 3. The van der Waals surface area contributed by atoms with E-state index in [0.717, 1.165) is 29.6 Å². The number of piperidine rings is 1. The van der Waals surface area contributed by atoms with Crippen molar-refractivity contribution in [1.29, 1.82) is 0 Å². The summed E-state index contributed by atoms with van der Waals surface area (Å²) in [6.07, 6.45) is 7.44. The Kier molecular flexibility index (Phi) is 3.61. The molecule has 2 aliphatic rings. The van der Waals surface area contributed by atoms with Crippen molar-refractivity contribution in [3.63, 3.8) is 0 Å². The predicted octanol–water partition coefficient (Wildman–Crippen LogP) is 2.65. The summed E-state index contributed by atoms with van der Waals surface area (Å²) in [5.74, 6) is 1.02. The van der Waals surface area contributed by atoms with E-state index in [0.29, 0.717) is 24.9 Å². The minimum atomic E-state index is -3.07. The highest BCUT2D eigenvalue weighted by Gasteiger charge is 2.27. The van der Waals surface area contributed by atoms with Crippen LogP contribution in [0.4, 0.5) is 0 Å². The predicted molar refractivity (Wildman–Crippen MR) is 89.9 cm³/mol. The van der Waals surface area contributed by atoms with E-state index in [-0.39, 0.29) is 0 Å². The molecule has 0 amide bonds. The summed E-state index contributed by atoms with van der Waals surface area (Å²) < 4.78 is 24.8. The minimum Gasteiger partial charge on any atom is -0.236 e. The van der Waals surface area contributed by atoms with Gasteiger partial charge in [-0.3, -0.25) is 0 Å². The van der Waals surface area contributed by atoms with Gasteiger partial charge in [0.1, 0.15) is 0 Å². The fraction of sp³-hybridized carbons (Fsp3) is 0.529. The van der Waals surface area contributed by atoms with Crippen molar-refractivity contribution in [3.05, 3.63) is 35.7 Å². The van der Waals surface area contributed by atoms with Gasteiger partial charge in [0.05, 0.1) is 6.26 Å². The average Bonchev–Trinajstić information content (AvgIpc) is 3.38. The van der Waals surface area contributed by atoms with Gasteiger partial charge in [0.25, 0.3) is 0 Å². The monoisotopic (exact) mass is 331 g/mol. The number of aromatic nitrogens is 2. The van der Waals surface area contributed by atoms with Crippen molar-refractivity contribution in [2.75, 3.05) is 19.3 Å². The molecule has 1 saturated heterocycles. The molecule has 0 spiro atoms. The fourth-order valence-corrected chi connectivity index (χ4v) is 4.27. The van der Waals surface area contributed by atoms with Crippen LogP contribution in [0.15, 0.2) is 24.4 Å². The van der Waals surface area contributed by atoms with E-state index in [2.05, 4.69) is 23.2 Å². The maximum absolute atomic E-state index is 11.6. The topological polar surface area (TPSA) is 63.2 Å². The van der Waals surface area contributed by atoms with Crippen LogP contribution < -0.4 is 0 Å². The molecule has 0 aromatic carbocycles. The molecule has 4 rings (SSSR count). The van der Waals surface area contributed by atoms with Gasteiger partial charge >= 0.3 is 0 Å².